The van der Waals surface area contributed by atoms with Crippen LogP contribution in [0.3, 0.4) is 0 Å². The van der Waals surface area contributed by atoms with Crippen molar-refractivity contribution in [3.63, 3.8) is 0 Å². The first-order valence-electron chi connectivity index (χ1n) is 8.98. The van der Waals surface area contributed by atoms with E-state index in [0.29, 0.717) is 0 Å². The van der Waals surface area contributed by atoms with Crippen LogP contribution in [0.25, 0.3) is 0 Å². The predicted molar refractivity (Wildman–Crippen MR) is 93.7 cm³/mol. The molecule has 1 aromatic carbocycles. The highest BCUT2D eigenvalue weighted by Crippen LogP contribution is 2.29. The number of amides is 1. The SMILES string of the molecule is C[C@H]1Cc2cc(C(=O)N(C)CCCCN3CCOCC3)ccc2O1. The van der Waals surface area contributed by atoms with Gasteiger partial charge in [0.15, 0.2) is 0 Å². The summed E-state index contributed by atoms with van der Waals surface area (Å²) in [6, 6.07) is 5.80. The van der Waals surface area contributed by atoms with Crippen LogP contribution in [0.1, 0.15) is 35.7 Å². The third-order valence-corrected chi connectivity index (χ3v) is 4.81. The molecule has 1 fully saturated rings. The Labute approximate surface area is 144 Å². The minimum Gasteiger partial charge on any atom is -0.490 e. The molecule has 1 amide bonds. The molecular weight excluding hydrogens is 304 g/mol. The van der Waals surface area contributed by atoms with Gasteiger partial charge >= 0.3 is 0 Å². The molecule has 1 aromatic rings. The maximum Gasteiger partial charge on any atom is 0.253 e. The molecular formula is C19H28N2O3. The molecule has 24 heavy (non-hydrogen) atoms. The summed E-state index contributed by atoms with van der Waals surface area (Å²) in [4.78, 5) is 16.9. The minimum atomic E-state index is 0.101. The van der Waals surface area contributed by atoms with Crippen molar-refractivity contribution in [1.82, 2.24) is 9.80 Å². The van der Waals surface area contributed by atoms with Crippen LogP contribution in [0.2, 0.25) is 0 Å². The van der Waals surface area contributed by atoms with E-state index in [1.54, 1.807) is 0 Å². The van der Waals surface area contributed by atoms with Gasteiger partial charge in [0.25, 0.3) is 5.91 Å². The van der Waals surface area contributed by atoms with E-state index in [4.69, 9.17) is 9.47 Å². The van der Waals surface area contributed by atoms with Gasteiger partial charge in [0, 0.05) is 38.7 Å². The number of carbonyl (C=O) groups excluding carboxylic acids is 1. The van der Waals surface area contributed by atoms with E-state index < -0.39 is 0 Å². The maximum atomic E-state index is 12.6. The predicted octanol–water partition coefficient (Wildman–Crippen LogP) is 2.19. The molecule has 1 atom stereocenters. The van der Waals surface area contributed by atoms with Crippen LogP contribution in [0.4, 0.5) is 0 Å². The van der Waals surface area contributed by atoms with E-state index >= 15 is 0 Å². The Morgan fingerprint density at radius 1 is 1.29 bits per heavy atom. The first-order chi connectivity index (χ1) is 11.6. The third-order valence-electron chi connectivity index (χ3n) is 4.81. The minimum absolute atomic E-state index is 0.101. The van der Waals surface area contributed by atoms with Crippen LogP contribution in [0.15, 0.2) is 18.2 Å². The molecule has 1 saturated heterocycles. The molecule has 0 saturated carbocycles. The monoisotopic (exact) mass is 332 g/mol. The van der Waals surface area contributed by atoms with E-state index in [9.17, 15) is 4.79 Å². The van der Waals surface area contributed by atoms with E-state index in [1.165, 1.54) is 0 Å². The van der Waals surface area contributed by atoms with Crippen LogP contribution in [0.5, 0.6) is 5.75 Å². The van der Waals surface area contributed by atoms with Gasteiger partial charge in [-0.3, -0.25) is 9.69 Å². The Hall–Kier alpha value is -1.59. The van der Waals surface area contributed by atoms with E-state index in [0.717, 1.165) is 75.5 Å². The average molecular weight is 332 g/mol. The first kappa shape index (κ1) is 17.2. The summed E-state index contributed by atoms with van der Waals surface area (Å²) in [5.41, 5.74) is 1.91. The van der Waals surface area contributed by atoms with Gasteiger partial charge in [-0.2, -0.15) is 0 Å². The fraction of sp³-hybridized carbons (Fsp3) is 0.632. The first-order valence-corrected chi connectivity index (χ1v) is 8.98. The molecule has 0 aromatic heterocycles. The van der Waals surface area contributed by atoms with Crippen molar-refractivity contribution in [3.05, 3.63) is 29.3 Å². The lowest BCUT2D eigenvalue weighted by atomic mass is 10.1. The van der Waals surface area contributed by atoms with Crippen LogP contribution >= 0.6 is 0 Å². The lowest BCUT2D eigenvalue weighted by Gasteiger charge is -2.26. The molecule has 5 heteroatoms. The summed E-state index contributed by atoms with van der Waals surface area (Å²) in [5, 5.41) is 0. The highest BCUT2D eigenvalue weighted by molar-refractivity contribution is 5.94. The summed E-state index contributed by atoms with van der Waals surface area (Å²) in [5.74, 6) is 1.02. The van der Waals surface area contributed by atoms with Gasteiger partial charge in [-0.1, -0.05) is 0 Å². The third kappa shape index (κ3) is 4.28. The Morgan fingerprint density at radius 2 is 2.08 bits per heavy atom. The standard InChI is InChI=1S/C19H28N2O3/c1-15-13-17-14-16(5-6-18(17)24-15)19(22)20(2)7-3-4-8-21-9-11-23-12-10-21/h5-6,14-15H,3-4,7-13H2,1-2H3/t15-/m0/s1. The number of rotatable bonds is 6. The normalized spacial score (nSPS) is 20.5. The van der Waals surface area contributed by atoms with Crippen molar-refractivity contribution in [2.24, 2.45) is 0 Å². The number of hydrogen-bond acceptors (Lipinski definition) is 4. The van der Waals surface area contributed by atoms with Gasteiger partial charge in [0.1, 0.15) is 11.9 Å². The number of unbranched alkanes of at least 4 members (excludes halogenated alkanes) is 1. The summed E-state index contributed by atoms with van der Waals surface area (Å²) in [6.45, 7) is 7.71. The smallest absolute Gasteiger partial charge is 0.253 e. The number of benzene rings is 1. The largest absolute Gasteiger partial charge is 0.490 e. The number of carbonyl (C=O) groups is 1. The molecule has 132 valence electrons. The number of hydrogen-bond donors (Lipinski definition) is 0. The average Bonchev–Trinajstić information content (AvgIpc) is 2.98. The van der Waals surface area contributed by atoms with Crippen molar-refractivity contribution in [2.75, 3.05) is 46.4 Å². The van der Waals surface area contributed by atoms with Crippen molar-refractivity contribution >= 4 is 5.91 Å². The molecule has 0 unspecified atom stereocenters. The second-order valence-electron chi connectivity index (χ2n) is 6.84. The van der Waals surface area contributed by atoms with Crippen LogP contribution in [-0.4, -0.2) is 68.3 Å². The molecule has 2 aliphatic rings. The summed E-state index contributed by atoms with van der Waals surface area (Å²) in [7, 11) is 1.89. The van der Waals surface area contributed by atoms with Crippen LogP contribution < -0.4 is 4.74 Å². The molecule has 3 rings (SSSR count). The molecule has 2 heterocycles. The van der Waals surface area contributed by atoms with E-state index in [1.807, 2.05) is 30.1 Å². The molecule has 0 radical (unpaired) electrons. The number of morpholine rings is 1. The molecule has 0 bridgehead atoms. The molecule has 0 spiro atoms. The zero-order valence-electron chi connectivity index (χ0n) is 14.8. The fourth-order valence-electron chi connectivity index (χ4n) is 3.39. The Morgan fingerprint density at radius 3 is 2.88 bits per heavy atom. The van der Waals surface area contributed by atoms with Gasteiger partial charge in [0.05, 0.1) is 13.2 Å². The highest BCUT2D eigenvalue weighted by atomic mass is 16.5. The quantitative estimate of drug-likeness (QED) is 0.749. The zero-order chi connectivity index (χ0) is 16.9. The Kier molecular flexibility index (Phi) is 5.74. The van der Waals surface area contributed by atoms with Crippen molar-refractivity contribution < 1.29 is 14.3 Å². The topological polar surface area (TPSA) is 42.0 Å². The van der Waals surface area contributed by atoms with E-state index in [2.05, 4.69) is 11.8 Å². The lowest BCUT2D eigenvalue weighted by Crippen LogP contribution is -2.37. The number of nitrogens with zero attached hydrogens (tertiary/aromatic N) is 2. The van der Waals surface area contributed by atoms with Crippen LogP contribution in [-0.2, 0) is 11.2 Å². The van der Waals surface area contributed by atoms with Gasteiger partial charge in [-0.25, -0.2) is 0 Å². The summed E-state index contributed by atoms with van der Waals surface area (Å²) in [6.07, 6.45) is 3.25. The number of ether oxygens (including phenoxy) is 2. The van der Waals surface area contributed by atoms with Crippen molar-refractivity contribution in [2.45, 2.75) is 32.3 Å². The van der Waals surface area contributed by atoms with Gasteiger partial charge in [0.2, 0.25) is 0 Å². The molecule has 0 N–H and O–H groups in total. The lowest BCUT2D eigenvalue weighted by molar-refractivity contribution is 0.0369. The molecule has 0 aliphatic carbocycles. The van der Waals surface area contributed by atoms with E-state index in [-0.39, 0.29) is 12.0 Å². The van der Waals surface area contributed by atoms with Gasteiger partial charge in [-0.05, 0) is 50.1 Å². The molecule has 5 nitrogen and oxygen atoms in total. The second kappa shape index (κ2) is 7.99. The molecule has 2 aliphatic heterocycles. The Bertz CT molecular complexity index is 570. The summed E-state index contributed by atoms with van der Waals surface area (Å²) < 4.78 is 11.1. The fourth-order valence-corrected chi connectivity index (χ4v) is 3.39. The highest BCUT2D eigenvalue weighted by Gasteiger charge is 2.21. The Balaban J connectivity index is 1.44. The van der Waals surface area contributed by atoms with Gasteiger partial charge < -0.3 is 14.4 Å². The zero-order valence-corrected chi connectivity index (χ0v) is 14.8. The maximum absolute atomic E-state index is 12.6. The van der Waals surface area contributed by atoms with Crippen molar-refractivity contribution in [3.8, 4) is 5.75 Å². The second-order valence-corrected chi connectivity index (χ2v) is 6.84. The van der Waals surface area contributed by atoms with Crippen molar-refractivity contribution in [1.29, 1.82) is 0 Å². The number of fused-ring (bicyclic) bond motifs is 1. The summed E-state index contributed by atoms with van der Waals surface area (Å²) >= 11 is 0. The van der Waals surface area contributed by atoms with Crippen LogP contribution in [0, 0.1) is 0 Å². The van der Waals surface area contributed by atoms with Gasteiger partial charge in [-0.15, -0.1) is 0 Å².